The van der Waals surface area contributed by atoms with Crippen LogP contribution in [-0.2, 0) is 0 Å². The number of carbonyl (C=O) groups excluding carboxylic acids is 2. The molecule has 1 aliphatic rings. The van der Waals surface area contributed by atoms with E-state index in [9.17, 15) is 9.59 Å². The number of rotatable bonds is 5. The SMILES string of the molecule is COc1ccc(OC)c(/C=C2\Oc3c(ccc(OC(=O)c4cccc(C)c4)c3C)C2=O)c1. The number of aryl methyl sites for hydroxylation is 1. The molecule has 0 bridgehead atoms. The molecule has 4 rings (SSSR count). The lowest BCUT2D eigenvalue weighted by Gasteiger charge is -2.10. The molecule has 6 heteroatoms. The van der Waals surface area contributed by atoms with Crippen LogP contribution in [-0.4, -0.2) is 26.0 Å². The maximum absolute atomic E-state index is 12.9. The van der Waals surface area contributed by atoms with Crippen LogP contribution in [0, 0.1) is 13.8 Å². The number of ether oxygens (including phenoxy) is 4. The molecule has 3 aromatic rings. The van der Waals surface area contributed by atoms with Crippen LogP contribution in [0.1, 0.15) is 37.4 Å². The van der Waals surface area contributed by atoms with Gasteiger partial charge >= 0.3 is 5.97 Å². The number of methoxy groups -OCH3 is 2. The van der Waals surface area contributed by atoms with Crippen molar-refractivity contribution < 1.29 is 28.5 Å². The van der Waals surface area contributed by atoms with Gasteiger partial charge in [0.1, 0.15) is 23.0 Å². The number of hydrogen-bond donors (Lipinski definition) is 0. The molecule has 3 aromatic carbocycles. The van der Waals surface area contributed by atoms with E-state index in [1.54, 1.807) is 75.8 Å². The van der Waals surface area contributed by atoms with Crippen LogP contribution < -0.4 is 18.9 Å². The molecule has 0 saturated carbocycles. The van der Waals surface area contributed by atoms with Gasteiger partial charge in [0.15, 0.2) is 5.76 Å². The summed E-state index contributed by atoms with van der Waals surface area (Å²) < 4.78 is 22.1. The third-order valence-electron chi connectivity index (χ3n) is 5.22. The minimum absolute atomic E-state index is 0.150. The summed E-state index contributed by atoms with van der Waals surface area (Å²) in [5.74, 6) is 1.33. The molecular weight excluding hydrogens is 408 g/mol. The number of esters is 1. The first-order valence-electron chi connectivity index (χ1n) is 10.00. The Bertz CT molecular complexity index is 1260. The second-order valence-corrected chi connectivity index (χ2v) is 7.37. The summed E-state index contributed by atoms with van der Waals surface area (Å²) in [6.07, 6.45) is 1.61. The first-order chi connectivity index (χ1) is 15.4. The Kier molecular flexibility index (Phi) is 5.69. The summed E-state index contributed by atoms with van der Waals surface area (Å²) in [7, 11) is 3.11. The van der Waals surface area contributed by atoms with Gasteiger partial charge in [-0.2, -0.15) is 0 Å². The smallest absolute Gasteiger partial charge is 0.343 e. The zero-order chi connectivity index (χ0) is 22.8. The van der Waals surface area contributed by atoms with E-state index in [1.807, 2.05) is 13.0 Å². The van der Waals surface area contributed by atoms with Gasteiger partial charge in [-0.25, -0.2) is 4.79 Å². The van der Waals surface area contributed by atoms with Gasteiger partial charge in [0.05, 0.1) is 25.3 Å². The van der Waals surface area contributed by atoms with E-state index in [2.05, 4.69) is 0 Å². The molecule has 162 valence electrons. The lowest BCUT2D eigenvalue weighted by Crippen LogP contribution is -2.09. The molecule has 0 spiro atoms. The van der Waals surface area contributed by atoms with Crippen molar-refractivity contribution in [2.24, 2.45) is 0 Å². The van der Waals surface area contributed by atoms with Crippen molar-refractivity contribution in [3.63, 3.8) is 0 Å². The van der Waals surface area contributed by atoms with Crippen molar-refractivity contribution >= 4 is 17.8 Å². The molecule has 32 heavy (non-hydrogen) atoms. The van der Waals surface area contributed by atoms with Gasteiger partial charge in [0, 0.05) is 11.1 Å². The summed E-state index contributed by atoms with van der Waals surface area (Å²) >= 11 is 0. The molecule has 0 aromatic heterocycles. The maximum Gasteiger partial charge on any atom is 0.343 e. The third kappa shape index (κ3) is 3.95. The fraction of sp³-hybridized carbons (Fsp3) is 0.154. The van der Waals surface area contributed by atoms with Crippen molar-refractivity contribution in [1.82, 2.24) is 0 Å². The summed E-state index contributed by atoms with van der Waals surface area (Å²) in [5.41, 5.74) is 3.03. The number of hydrogen-bond acceptors (Lipinski definition) is 6. The van der Waals surface area contributed by atoms with Crippen LogP contribution in [0.15, 0.2) is 60.4 Å². The van der Waals surface area contributed by atoms with Crippen LogP contribution in [0.4, 0.5) is 0 Å². The molecular formula is C26H22O6. The normalized spacial score (nSPS) is 13.5. The van der Waals surface area contributed by atoms with Crippen LogP contribution >= 0.6 is 0 Å². The number of ketones is 1. The Morgan fingerprint density at radius 1 is 0.938 bits per heavy atom. The van der Waals surface area contributed by atoms with Gasteiger partial charge in [0.25, 0.3) is 0 Å². The maximum atomic E-state index is 12.9. The molecule has 0 aliphatic carbocycles. The number of fused-ring (bicyclic) bond motifs is 1. The van der Waals surface area contributed by atoms with Crippen LogP contribution in [0.25, 0.3) is 6.08 Å². The van der Waals surface area contributed by atoms with Crippen LogP contribution in [0.2, 0.25) is 0 Å². The first-order valence-corrected chi connectivity index (χ1v) is 10.00. The molecule has 0 fully saturated rings. The summed E-state index contributed by atoms with van der Waals surface area (Å²) in [6.45, 7) is 3.65. The lowest BCUT2D eigenvalue weighted by molar-refractivity contribution is 0.0733. The lowest BCUT2D eigenvalue weighted by atomic mass is 10.1. The Balaban J connectivity index is 1.64. The average Bonchev–Trinajstić information content (AvgIpc) is 3.11. The van der Waals surface area contributed by atoms with E-state index in [1.165, 1.54) is 0 Å². The summed E-state index contributed by atoms with van der Waals surface area (Å²) in [6, 6.07) is 15.7. The molecule has 1 aliphatic heterocycles. The molecule has 6 nitrogen and oxygen atoms in total. The van der Waals surface area contributed by atoms with E-state index in [0.29, 0.717) is 45.3 Å². The van der Waals surface area contributed by atoms with Crippen LogP contribution in [0.5, 0.6) is 23.0 Å². The molecule has 0 unspecified atom stereocenters. The van der Waals surface area contributed by atoms with Crippen LogP contribution in [0.3, 0.4) is 0 Å². The highest BCUT2D eigenvalue weighted by Crippen LogP contribution is 2.40. The van der Waals surface area contributed by atoms with Crippen molar-refractivity contribution in [3.05, 3.63) is 88.2 Å². The zero-order valence-corrected chi connectivity index (χ0v) is 18.2. The zero-order valence-electron chi connectivity index (χ0n) is 18.2. The molecule has 0 radical (unpaired) electrons. The topological polar surface area (TPSA) is 71.1 Å². The van der Waals surface area contributed by atoms with Gasteiger partial charge in [-0.15, -0.1) is 0 Å². The quantitative estimate of drug-likeness (QED) is 0.316. The second-order valence-electron chi connectivity index (χ2n) is 7.37. The van der Waals surface area contributed by atoms with Gasteiger partial charge in [-0.3, -0.25) is 4.79 Å². The number of carbonyl (C=O) groups is 2. The van der Waals surface area contributed by atoms with E-state index >= 15 is 0 Å². The van der Waals surface area contributed by atoms with Gasteiger partial charge < -0.3 is 18.9 Å². The molecule has 0 atom stereocenters. The van der Waals surface area contributed by atoms with Crippen molar-refractivity contribution in [2.75, 3.05) is 14.2 Å². The number of benzene rings is 3. The van der Waals surface area contributed by atoms with E-state index < -0.39 is 5.97 Å². The van der Waals surface area contributed by atoms with Crippen molar-refractivity contribution in [3.8, 4) is 23.0 Å². The molecule has 0 amide bonds. The molecule has 0 N–H and O–H groups in total. The Morgan fingerprint density at radius 3 is 2.44 bits per heavy atom. The van der Waals surface area contributed by atoms with Crippen molar-refractivity contribution in [1.29, 1.82) is 0 Å². The minimum Gasteiger partial charge on any atom is -0.497 e. The average molecular weight is 430 g/mol. The first kappa shape index (κ1) is 21.2. The van der Waals surface area contributed by atoms with E-state index in [0.717, 1.165) is 5.56 Å². The minimum atomic E-state index is -0.474. The second kappa shape index (κ2) is 8.59. The van der Waals surface area contributed by atoms with Gasteiger partial charge in [-0.05, 0) is 62.4 Å². The van der Waals surface area contributed by atoms with Gasteiger partial charge in [0.2, 0.25) is 5.78 Å². The summed E-state index contributed by atoms with van der Waals surface area (Å²) in [5, 5.41) is 0. The molecule has 1 heterocycles. The molecule has 0 saturated heterocycles. The predicted octanol–water partition coefficient (Wildman–Crippen LogP) is 5.16. The number of allylic oxidation sites excluding steroid dienone is 1. The largest absolute Gasteiger partial charge is 0.497 e. The van der Waals surface area contributed by atoms with Crippen molar-refractivity contribution in [2.45, 2.75) is 13.8 Å². The van der Waals surface area contributed by atoms with E-state index in [-0.39, 0.29) is 11.5 Å². The standard InChI is InChI=1S/C26H22O6/c1-15-6-5-7-17(12-15)26(28)32-21-11-9-20-24(27)23(31-25(20)16(21)2)14-18-13-19(29-3)8-10-22(18)30-4/h5-14H,1-4H3/b23-14-. The third-order valence-corrected chi connectivity index (χ3v) is 5.22. The fourth-order valence-electron chi connectivity index (χ4n) is 3.50. The number of Topliss-reactive ketones (excluding diaryl/α,β-unsaturated/α-hetero) is 1. The Labute approximate surface area is 186 Å². The highest BCUT2D eigenvalue weighted by Gasteiger charge is 2.31. The highest BCUT2D eigenvalue weighted by atomic mass is 16.5. The van der Waals surface area contributed by atoms with E-state index in [4.69, 9.17) is 18.9 Å². The summed E-state index contributed by atoms with van der Waals surface area (Å²) in [4.78, 5) is 25.5. The highest BCUT2D eigenvalue weighted by molar-refractivity contribution is 6.15. The monoisotopic (exact) mass is 430 g/mol. The fourth-order valence-corrected chi connectivity index (χ4v) is 3.50. The Hall–Kier alpha value is -4.06. The Morgan fingerprint density at radius 2 is 1.72 bits per heavy atom. The van der Waals surface area contributed by atoms with Gasteiger partial charge in [-0.1, -0.05) is 17.7 Å². The predicted molar refractivity (Wildman–Crippen MR) is 120 cm³/mol.